The van der Waals surface area contributed by atoms with Crippen LogP contribution in [0, 0.1) is 0 Å². The van der Waals surface area contributed by atoms with Gasteiger partial charge in [-0.1, -0.05) is 6.42 Å². The van der Waals surface area contributed by atoms with Gasteiger partial charge in [0.2, 0.25) is 0 Å². The molecule has 0 aromatic carbocycles. The van der Waals surface area contributed by atoms with Crippen molar-refractivity contribution in [2.24, 2.45) is 0 Å². The summed E-state index contributed by atoms with van der Waals surface area (Å²) < 4.78 is 1.96. The minimum absolute atomic E-state index is 0.177. The second-order valence-corrected chi connectivity index (χ2v) is 8.52. The van der Waals surface area contributed by atoms with Gasteiger partial charge in [0, 0.05) is 5.56 Å². The highest BCUT2D eigenvalue weighted by Gasteiger charge is 2.25. The Balaban J connectivity index is 2.16. The zero-order valence-electron chi connectivity index (χ0n) is 7.96. The molecule has 1 aliphatic heterocycles. The maximum Gasteiger partial charge on any atom is 0.177 e. The highest BCUT2D eigenvalue weighted by molar-refractivity contribution is 9.12. The third kappa shape index (κ3) is 2.87. The van der Waals surface area contributed by atoms with Gasteiger partial charge >= 0.3 is 0 Å². The van der Waals surface area contributed by atoms with Crippen LogP contribution < -0.4 is 0 Å². The van der Waals surface area contributed by atoms with Crippen LogP contribution in [0.3, 0.4) is 0 Å². The fourth-order valence-electron chi connectivity index (χ4n) is 1.63. The summed E-state index contributed by atoms with van der Waals surface area (Å²) in [6.45, 7) is 0. The normalized spacial score (nSPS) is 21.6. The molecule has 5 heteroatoms. The molecule has 15 heavy (non-hydrogen) atoms. The van der Waals surface area contributed by atoms with Crippen LogP contribution in [0.15, 0.2) is 13.6 Å². The first kappa shape index (κ1) is 12.1. The van der Waals surface area contributed by atoms with E-state index < -0.39 is 0 Å². The van der Waals surface area contributed by atoms with Crippen LogP contribution in [0.5, 0.6) is 0 Å². The van der Waals surface area contributed by atoms with E-state index in [1.54, 1.807) is 23.1 Å². The molecule has 1 nitrogen and oxygen atoms in total. The number of carbonyl (C=O) groups excluding carboxylic acids is 1. The number of rotatable bonds is 2. The molecule has 1 fully saturated rings. The van der Waals surface area contributed by atoms with E-state index in [4.69, 9.17) is 0 Å². The predicted molar refractivity (Wildman–Crippen MR) is 74.1 cm³/mol. The Morgan fingerprint density at radius 3 is 2.73 bits per heavy atom. The van der Waals surface area contributed by atoms with Crippen LogP contribution in [-0.2, 0) is 0 Å². The van der Waals surface area contributed by atoms with Crippen molar-refractivity contribution in [1.29, 1.82) is 0 Å². The fraction of sp³-hybridized carbons (Fsp3) is 0.500. The SMILES string of the molecule is O=C(c1cc(Br)sc1Br)C1CCCCS1. The van der Waals surface area contributed by atoms with Gasteiger partial charge in [-0.2, -0.15) is 11.8 Å². The number of ketones is 1. The van der Waals surface area contributed by atoms with Crippen molar-refractivity contribution in [2.45, 2.75) is 24.5 Å². The largest absolute Gasteiger partial charge is 0.293 e. The van der Waals surface area contributed by atoms with Crippen LogP contribution >= 0.6 is 55.0 Å². The van der Waals surface area contributed by atoms with Gasteiger partial charge in [-0.05, 0) is 56.5 Å². The predicted octanol–water partition coefficient (Wildman–Crippen LogP) is 4.74. The first-order valence-corrected chi connectivity index (χ1v) is 8.24. The Labute approximate surface area is 114 Å². The summed E-state index contributed by atoms with van der Waals surface area (Å²) in [5.74, 6) is 1.41. The molecule has 0 radical (unpaired) electrons. The van der Waals surface area contributed by atoms with Crippen molar-refractivity contribution < 1.29 is 4.79 Å². The molecule has 0 spiro atoms. The van der Waals surface area contributed by atoms with Crippen LogP contribution in [-0.4, -0.2) is 16.8 Å². The van der Waals surface area contributed by atoms with E-state index in [2.05, 4.69) is 31.9 Å². The van der Waals surface area contributed by atoms with Crippen molar-refractivity contribution in [2.75, 3.05) is 5.75 Å². The third-order valence-electron chi connectivity index (χ3n) is 2.39. The monoisotopic (exact) mass is 368 g/mol. The van der Waals surface area contributed by atoms with Gasteiger partial charge in [0.05, 0.1) is 12.8 Å². The van der Waals surface area contributed by atoms with Gasteiger partial charge in [0.1, 0.15) is 0 Å². The van der Waals surface area contributed by atoms with E-state index in [1.165, 1.54) is 12.8 Å². The molecule has 1 atom stereocenters. The standard InChI is InChI=1S/C10H10Br2OS2/c11-8-5-6(10(12)15-8)9(13)7-3-1-2-4-14-7/h5,7H,1-4H2. The second-order valence-electron chi connectivity index (χ2n) is 3.46. The first-order valence-electron chi connectivity index (χ1n) is 4.79. The number of carbonyl (C=O) groups is 1. The van der Waals surface area contributed by atoms with Crippen molar-refractivity contribution in [1.82, 2.24) is 0 Å². The van der Waals surface area contributed by atoms with E-state index in [9.17, 15) is 4.79 Å². The van der Waals surface area contributed by atoms with E-state index in [1.807, 2.05) is 6.07 Å². The molecule has 1 unspecified atom stereocenters. The highest BCUT2D eigenvalue weighted by Crippen LogP contribution is 2.36. The fourth-order valence-corrected chi connectivity index (χ4v) is 5.71. The highest BCUT2D eigenvalue weighted by atomic mass is 79.9. The molecule has 82 valence electrons. The lowest BCUT2D eigenvalue weighted by Gasteiger charge is -2.19. The lowest BCUT2D eigenvalue weighted by atomic mass is 10.1. The molecule has 2 rings (SSSR count). The van der Waals surface area contributed by atoms with Crippen LogP contribution in [0.2, 0.25) is 0 Å². The third-order valence-corrected chi connectivity index (χ3v) is 6.11. The Bertz CT molecular complexity index is 369. The summed E-state index contributed by atoms with van der Waals surface area (Å²) in [4.78, 5) is 12.2. The molecular weight excluding hydrogens is 360 g/mol. The van der Waals surface area contributed by atoms with Crippen molar-refractivity contribution in [3.05, 3.63) is 19.2 Å². The molecular formula is C10H10Br2OS2. The second kappa shape index (κ2) is 5.34. The van der Waals surface area contributed by atoms with Crippen molar-refractivity contribution >= 4 is 60.7 Å². The first-order chi connectivity index (χ1) is 7.18. The van der Waals surface area contributed by atoms with Crippen LogP contribution in [0.1, 0.15) is 29.6 Å². The average Bonchev–Trinajstić information content (AvgIpc) is 2.58. The van der Waals surface area contributed by atoms with Gasteiger partial charge in [0.15, 0.2) is 5.78 Å². The quantitative estimate of drug-likeness (QED) is 0.700. The Morgan fingerprint density at radius 2 is 2.20 bits per heavy atom. The summed E-state index contributed by atoms with van der Waals surface area (Å²) in [6.07, 6.45) is 3.47. The van der Waals surface area contributed by atoms with E-state index in [0.29, 0.717) is 0 Å². The average molecular weight is 370 g/mol. The molecule has 0 amide bonds. The Hall–Kier alpha value is 0.680. The lowest BCUT2D eigenvalue weighted by molar-refractivity contribution is 0.0984. The van der Waals surface area contributed by atoms with E-state index in [-0.39, 0.29) is 11.0 Å². The molecule has 2 heterocycles. The number of halogens is 2. The number of hydrogen-bond acceptors (Lipinski definition) is 3. The van der Waals surface area contributed by atoms with Crippen LogP contribution in [0.4, 0.5) is 0 Å². The molecule has 0 saturated carbocycles. The summed E-state index contributed by atoms with van der Waals surface area (Å²) in [5, 5.41) is 0.177. The molecule has 1 aromatic rings. The van der Waals surface area contributed by atoms with Gasteiger partial charge in [-0.15, -0.1) is 11.3 Å². The molecule has 0 aliphatic carbocycles. The zero-order valence-corrected chi connectivity index (χ0v) is 12.8. The lowest BCUT2D eigenvalue weighted by Crippen LogP contribution is -2.20. The number of Topliss-reactive ketones (excluding diaryl/α,β-unsaturated/α-hetero) is 1. The number of thiophene rings is 1. The van der Waals surface area contributed by atoms with Crippen LogP contribution in [0.25, 0.3) is 0 Å². The molecule has 1 aromatic heterocycles. The Kier molecular flexibility index (Phi) is 4.32. The van der Waals surface area contributed by atoms with Crippen molar-refractivity contribution in [3.8, 4) is 0 Å². The topological polar surface area (TPSA) is 17.1 Å². The van der Waals surface area contributed by atoms with E-state index in [0.717, 1.165) is 25.3 Å². The van der Waals surface area contributed by atoms with Crippen molar-refractivity contribution in [3.63, 3.8) is 0 Å². The van der Waals surface area contributed by atoms with Gasteiger partial charge < -0.3 is 0 Å². The van der Waals surface area contributed by atoms with Gasteiger partial charge in [0.25, 0.3) is 0 Å². The molecule has 0 N–H and O–H groups in total. The Morgan fingerprint density at radius 1 is 1.40 bits per heavy atom. The maximum atomic E-state index is 12.2. The molecule has 0 bridgehead atoms. The summed E-state index contributed by atoms with van der Waals surface area (Å²) in [5.41, 5.74) is 0.839. The van der Waals surface area contributed by atoms with Gasteiger partial charge in [-0.3, -0.25) is 4.79 Å². The summed E-state index contributed by atoms with van der Waals surface area (Å²) in [6, 6.07) is 1.92. The molecule has 1 saturated heterocycles. The zero-order chi connectivity index (χ0) is 10.8. The molecule has 1 aliphatic rings. The minimum Gasteiger partial charge on any atom is -0.293 e. The summed E-state index contributed by atoms with van der Waals surface area (Å²) >= 11 is 10.2. The maximum absolute atomic E-state index is 12.2. The smallest absolute Gasteiger partial charge is 0.177 e. The van der Waals surface area contributed by atoms with Gasteiger partial charge in [-0.25, -0.2) is 0 Å². The number of thioether (sulfide) groups is 1. The summed E-state index contributed by atoms with van der Waals surface area (Å²) in [7, 11) is 0. The minimum atomic E-state index is 0.177. The van der Waals surface area contributed by atoms with E-state index >= 15 is 0 Å². The number of hydrogen-bond donors (Lipinski definition) is 0.